The molecule has 3 aromatic heterocycles. The van der Waals surface area contributed by atoms with Gasteiger partial charge in [0.1, 0.15) is 17.0 Å². The molecule has 300 valence electrons. The number of amidine groups is 2. The second-order valence-corrected chi connectivity index (χ2v) is 16.8. The standard InChI is InChI=1S/C31H21NO.C26H19N3S/c1-20-8-7-13-30-31(20)26-19-23(15-17-29(26)33-30)32-27-12-6-5-11-24(27)25-18-22(14-16-28(25)32)21-9-3-2-4-10-21;27-25(19-11-6-10-18(16-19)17-8-2-1-3-9-17)29-26(28)21-13-7-15-23-24(21)20-12-4-5-14-22(20)30-23/h2-19H,1H3;1-16H,(H3,27,28,29). The topological polar surface area (TPSA) is 80.3 Å². The third kappa shape index (κ3) is 6.83. The highest BCUT2D eigenvalue weighted by Gasteiger charge is 2.17. The summed E-state index contributed by atoms with van der Waals surface area (Å²) in [6.45, 7) is 2.15. The van der Waals surface area contributed by atoms with Gasteiger partial charge < -0.3 is 14.7 Å². The molecule has 0 radical (unpaired) electrons. The number of para-hydroxylation sites is 1. The van der Waals surface area contributed by atoms with Crippen molar-refractivity contribution in [2.75, 3.05) is 0 Å². The highest BCUT2D eigenvalue weighted by molar-refractivity contribution is 7.25. The van der Waals surface area contributed by atoms with E-state index in [0.717, 1.165) is 49.9 Å². The van der Waals surface area contributed by atoms with Crippen molar-refractivity contribution in [3.05, 3.63) is 223 Å². The van der Waals surface area contributed by atoms with Crippen LogP contribution in [0.25, 0.3) is 91.9 Å². The van der Waals surface area contributed by atoms with E-state index < -0.39 is 0 Å². The van der Waals surface area contributed by atoms with Crippen molar-refractivity contribution in [2.24, 2.45) is 10.7 Å². The SMILES string of the molecule is Cc1cccc2oc3ccc(-n4c5ccccc5c5cc(-c6ccccc6)ccc54)cc3c12.N=C(N=C(N)c1cccc2sc3ccccc3c12)c1cccc(-c2ccccc2)c1. The van der Waals surface area contributed by atoms with Gasteiger partial charge >= 0.3 is 0 Å². The smallest absolute Gasteiger partial charge is 0.154 e. The highest BCUT2D eigenvalue weighted by Crippen LogP contribution is 2.39. The number of aromatic nitrogens is 1. The van der Waals surface area contributed by atoms with Crippen molar-refractivity contribution in [3.8, 4) is 27.9 Å². The van der Waals surface area contributed by atoms with Gasteiger partial charge in [-0.15, -0.1) is 11.3 Å². The fourth-order valence-electron chi connectivity index (χ4n) is 8.90. The molecule has 0 atom stereocenters. The lowest BCUT2D eigenvalue weighted by atomic mass is 10.0. The van der Waals surface area contributed by atoms with E-state index in [9.17, 15) is 0 Å². The molecule has 3 N–H and O–H groups in total. The zero-order valence-corrected chi connectivity index (χ0v) is 35.2. The van der Waals surface area contributed by atoms with Crippen LogP contribution >= 0.6 is 11.3 Å². The first-order valence-corrected chi connectivity index (χ1v) is 21.8. The van der Waals surface area contributed by atoms with Gasteiger partial charge in [0, 0.05) is 58.5 Å². The first kappa shape index (κ1) is 37.9. The lowest BCUT2D eigenvalue weighted by molar-refractivity contribution is 0.668. The van der Waals surface area contributed by atoms with Gasteiger partial charge in [-0.25, -0.2) is 4.99 Å². The van der Waals surface area contributed by atoms with Crippen LogP contribution in [-0.2, 0) is 0 Å². The summed E-state index contributed by atoms with van der Waals surface area (Å²) in [6, 6.07) is 71.2. The number of nitrogens with zero attached hydrogens (tertiary/aromatic N) is 2. The van der Waals surface area contributed by atoms with Gasteiger partial charge in [0.2, 0.25) is 0 Å². The van der Waals surface area contributed by atoms with Crippen LogP contribution in [0.1, 0.15) is 16.7 Å². The van der Waals surface area contributed by atoms with Gasteiger partial charge in [0.15, 0.2) is 5.84 Å². The number of furan rings is 1. The van der Waals surface area contributed by atoms with Crippen LogP contribution in [0.15, 0.2) is 216 Å². The predicted octanol–water partition coefficient (Wildman–Crippen LogP) is 15.1. The number of rotatable bonds is 5. The molecular weight excluding hydrogens is 789 g/mol. The minimum atomic E-state index is 0.154. The Balaban J connectivity index is 0.000000142. The van der Waals surface area contributed by atoms with Crippen LogP contribution in [0, 0.1) is 12.3 Å². The Morgan fingerprint density at radius 1 is 0.508 bits per heavy atom. The fourth-order valence-corrected chi connectivity index (χ4v) is 10.0. The van der Waals surface area contributed by atoms with Crippen LogP contribution in [0.2, 0.25) is 0 Å². The number of hydrogen-bond acceptors (Lipinski definition) is 3. The van der Waals surface area contributed by atoms with Crippen LogP contribution in [0.5, 0.6) is 0 Å². The summed E-state index contributed by atoms with van der Waals surface area (Å²) in [5.74, 6) is 0.515. The number of hydrogen-bond donors (Lipinski definition) is 2. The molecule has 0 aliphatic carbocycles. The molecule has 12 rings (SSSR count). The number of aryl methyl sites for hydroxylation is 1. The molecule has 0 saturated carbocycles. The summed E-state index contributed by atoms with van der Waals surface area (Å²) in [6.07, 6.45) is 0. The summed E-state index contributed by atoms with van der Waals surface area (Å²) in [7, 11) is 0. The Morgan fingerprint density at radius 3 is 1.97 bits per heavy atom. The third-order valence-electron chi connectivity index (χ3n) is 11.9. The molecule has 0 spiro atoms. The Hall–Kier alpha value is -8.06. The average molecular weight is 829 g/mol. The number of nitrogens with one attached hydrogen (secondary N) is 1. The second kappa shape index (κ2) is 15.8. The van der Waals surface area contributed by atoms with Crippen molar-refractivity contribution < 1.29 is 4.42 Å². The van der Waals surface area contributed by atoms with Gasteiger partial charge in [0.05, 0.1) is 11.0 Å². The van der Waals surface area contributed by atoms with Gasteiger partial charge in [-0.05, 0) is 95.4 Å². The summed E-state index contributed by atoms with van der Waals surface area (Å²) in [5.41, 5.74) is 19.3. The molecule has 0 amide bonds. The minimum Gasteiger partial charge on any atom is -0.456 e. The third-order valence-corrected chi connectivity index (χ3v) is 13.0. The fraction of sp³-hybridized carbons (Fsp3) is 0.0175. The average Bonchev–Trinajstić information content (AvgIpc) is 4.02. The number of thiophene rings is 1. The maximum atomic E-state index is 8.54. The van der Waals surface area contributed by atoms with Crippen molar-refractivity contribution in [1.29, 1.82) is 5.41 Å². The Bertz CT molecular complexity index is 3730. The van der Waals surface area contributed by atoms with Crippen LogP contribution < -0.4 is 5.73 Å². The highest BCUT2D eigenvalue weighted by atomic mass is 32.1. The Labute approximate surface area is 368 Å². The number of benzene rings is 9. The van der Waals surface area contributed by atoms with E-state index in [0.29, 0.717) is 5.84 Å². The van der Waals surface area contributed by atoms with Gasteiger partial charge in [0.25, 0.3) is 0 Å². The van der Waals surface area contributed by atoms with Crippen molar-refractivity contribution >= 4 is 86.9 Å². The number of fused-ring (bicyclic) bond motifs is 9. The summed E-state index contributed by atoms with van der Waals surface area (Å²) in [5, 5.41) is 15.7. The zero-order chi connectivity index (χ0) is 42.4. The summed E-state index contributed by atoms with van der Waals surface area (Å²) in [4.78, 5) is 4.47. The molecule has 0 unspecified atom stereocenters. The van der Waals surface area contributed by atoms with Crippen LogP contribution in [-0.4, -0.2) is 16.2 Å². The Kier molecular flexibility index (Phi) is 9.48. The molecular formula is C57H40N4OS. The van der Waals surface area contributed by atoms with Gasteiger partial charge in [-0.2, -0.15) is 0 Å². The molecule has 0 bridgehead atoms. The molecule has 63 heavy (non-hydrogen) atoms. The minimum absolute atomic E-state index is 0.154. The molecule has 6 heteroatoms. The molecule has 3 heterocycles. The number of nitrogens with two attached hydrogens (primary N) is 1. The lowest BCUT2D eigenvalue weighted by Gasteiger charge is -2.09. The Morgan fingerprint density at radius 2 is 1.16 bits per heavy atom. The zero-order valence-electron chi connectivity index (χ0n) is 34.4. The molecule has 0 saturated heterocycles. The van der Waals surface area contributed by atoms with Gasteiger partial charge in [-0.3, -0.25) is 5.41 Å². The normalized spacial score (nSPS) is 11.8. The molecule has 12 aromatic rings. The predicted molar refractivity (Wildman–Crippen MR) is 267 cm³/mol. The monoisotopic (exact) mass is 828 g/mol. The first-order valence-electron chi connectivity index (χ1n) is 21.0. The molecule has 0 aliphatic rings. The van der Waals surface area contributed by atoms with E-state index in [2.05, 4.69) is 150 Å². The summed E-state index contributed by atoms with van der Waals surface area (Å²) < 4.78 is 10.9. The molecule has 9 aromatic carbocycles. The maximum Gasteiger partial charge on any atom is 0.154 e. The van der Waals surface area contributed by atoms with E-state index in [-0.39, 0.29) is 5.84 Å². The van der Waals surface area contributed by atoms with E-state index in [1.807, 2.05) is 72.8 Å². The van der Waals surface area contributed by atoms with Crippen LogP contribution in [0.3, 0.4) is 0 Å². The molecule has 0 fully saturated rings. The van der Waals surface area contributed by atoms with Gasteiger partial charge in [-0.1, -0.05) is 146 Å². The van der Waals surface area contributed by atoms with E-state index in [1.165, 1.54) is 58.7 Å². The molecule has 5 nitrogen and oxygen atoms in total. The van der Waals surface area contributed by atoms with Crippen molar-refractivity contribution in [3.63, 3.8) is 0 Å². The lowest BCUT2D eigenvalue weighted by Crippen LogP contribution is -2.16. The van der Waals surface area contributed by atoms with Crippen LogP contribution in [0.4, 0.5) is 0 Å². The van der Waals surface area contributed by atoms with E-state index in [1.54, 1.807) is 11.3 Å². The maximum absolute atomic E-state index is 8.54. The summed E-state index contributed by atoms with van der Waals surface area (Å²) >= 11 is 1.74. The number of aliphatic imine (C=N–C) groups is 1. The van der Waals surface area contributed by atoms with E-state index in [4.69, 9.17) is 15.6 Å². The van der Waals surface area contributed by atoms with E-state index >= 15 is 0 Å². The quantitative estimate of drug-likeness (QED) is 0.134. The first-order chi connectivity index (χ1) is 31.0. The second-order valence-electron chi connectivity index (χ2n) is 15.8. The largest absolute Gasteiger partial charge is 0.456 e. The van der Waals surface area contributed by atoms with Crippen molar-refractivity contribution in [1.82, 2.24) is 4.57 Å². The molecule has 0 aliphatic heterocycles. The van der Waals surface area contributed by atoms with Crippen molar-refractivity contribution in [2.45, 2.75) is 6.92 Å².